The molecule has 1 unspecified atom stereocenters. The quantitative estimate of drug-likeness (QED) is 0.469. The number of hydrogen-bond donors (Lipinski definition) is 0. The number of nitrogens with zero attached hydrogens (tertiary/aromatic N) is 1. The summed E-state index contributed by atoms with van der Waals surface area (Å²) in [7, 11) is 0. The Bertz CT molecular complexity index is 447. The van der Waals surface area contributed by atoms with E-state index in [2.05, 4.69) is 0 Å². The first-order valence-electron chi connectivity index (χ1n) is 5.48. The van der Waals surface area contributed by atoms with E-state index in [1.807, 2.05) is 0 Å². The highest BCUT2D eigenvalue weighted by Crippen LogP contribution is 2.14. The Morgan fingerprint density at radius 1 is 1.50 bits per heavy atom. The molecule has 0 radical (unpaired) electrons. The van der Waals surface area contributed by atoms with Gasteiger partial charge < -0.3 is 4.74 Å². The molecule has 1 atom stereocenters. The van der Waals surface area contributed by atoms with Crippen molar-refractivity contribution in [3.8, 4) is 0 Å². The Morgan fingerprint density at radius 2 is 2.17 bits per heavy atom. The van der Waals surface area contributed by atoms with Gasteiger partial charge in [0.05, 0.1) is 12.5 Å². The molecule has 0 aromatic heterocycles. The average molecular weight is 272 g/mol. The van der Waals surface area contributed by atoms with Crippen molar-refractivity contribution in [1.82, 2.24) is 0 Å². The van der Waals surface area contributed by atoms with Crippen LogP contribution in [0.25, 0.3) is 0 Å². The Balaban J connectivity index is 2.81. The van der Waals surface area contributed by atoms with Crippen LogP contribution < -0.4 is 0 Å². The van der Waals surface area contributed by atoms with Gasteiger partial charge in [-0.05, 0) is 31.5 Å². The highest BCUT2D eigenvalue weighted by atomic mass is 35.5. The van der Waals surface area contributed by atoms with Crippen molar-refractivity contribution >= 4 is 17.6 Å². The Morgan fingerprint density at radius 3 is 2.67 bits per heavy atom. The largest absolute Gasteiger partial charge is 0.458 e. The number of benzene rings is 1. The first-order valence-corrected chi connectivity index (χ1v) is 5.86. The zero-order valence-corrected chi connectivity index (χ0v) is 10.9. The molecule has 1 rings (SSSR count). The smallest absolute Gasteiger partial charge is 0.382 e. The highest BCUT2D eigenvalue weighted by molar-refractivity contribution is 6.30. The lowest BCUT2D eigenvalue weighted by Crippen LogP contribution is -2.34. The molecule has 1 aromatic rings. The van der Waals surface area contributed by atoms with E-state index in [1.165, 1.54) is 0 Å². The van der Waals surface area contributed by atoms with E-state index in [-0.39, 0.29) is 12.5 Å². The predicted molar refractivity (Wildman–Crippen MR) is 67.2 cm³/mol. The molecule has 0 spiro atoms. The van der Waals surface area contributed by atoms with Gasteiger partial charge in [0.15, 0.2) is 0 Å². The number of carbonyl (C=O) groups excluding carboxylic acids is 1. The summed E-state index contributed by atoms with van der Waals surface area (Å²) in [5, 5.41) is 11.4. The molecule has 98 valence electrons. The summed E-state index contributed by atoms with van der Waals surface area (Å²) in [5.74, 6) is -0.824. The minimum Gasteiger partial charge on any atom is -0.458 e. The summed E-state index contributed by atoms with van der Waals surface area (Å²) in [4.78, 5) is 21.8. The van der Waals surface area contributed by atoms with E-state index in [0.717, 1.165) is 0 Å². The van der Waals surface area contributed by atoms with E-state index in [1.54, 1.807) is 38.1 Å². The average Bonchev–Trinajstić information content (AvgIpc) is 2.24. The topological polar surface area (TPSA) is 69.4 Å². The van der Waals surface area contributed by atoms with Crippen molar-refractivity contribution in [1.29, 1.82) is 0 Å². The van der Waals surface area contributed by atoms with Crippen LogP contribution in [-0.2, 0) is 16.0 Å². The fourth-order valence-electron chi connectivity index (χ4n) is 1.44. The minimum atomic E-state index is -1.40. The molecule has 0 aliphatic carbocycles. The molecule has 0 fully saturated rings. The third-order valence-corrected chi connectivity index (χ3v) is 2.43. The first-order chi connectivity index (χ1) is 8.40. The maximum atomic E-state index is 11.6. The summed E-state index contributed by atoms with van der Waals surface area (Å²) in [6.45, 7) is 3.29. The summed E-state index contributed by atoms with van der Waals surface area (Å²) in [6, 6.07) is 5.23. The van der Waals surface area contributed by atoms with Crippen LogP contribution in [0.1, 0.15) is 19.4 Å². The second-order valence-electron chi connectivity index (χ2n) is 4.12. The van der Waals surface area contributed by atoms with Crippen molar-refractivity contribution in [2.24, 2.45) is 0 Å². The van der Waals surface area contributed by atoms with Crippen LogP contribution in [0.4, 0.5) is 0 Å². The summed E-state index contributed by atoms with van der Waals surface area (Å²) >= 11 is 5.79. The number of hydrogen-bond acceptors (Lipinski definition) is 4. The van der Waals surface area contributed by atoms with E-state index in [4.69, 9.17) is 16.3 Å². The molecule has 0 heterocycles. The molecular weight excluding hydrogens is 258 g/mol. The fraction of sp³-hybridized carbons (Fsp3) is 0.417. The monoisotopic (exact) mass is 271 g/mol. The molecule has 0 aliphatic rings. The van der Waals surface area contributed by atoms with Crippen LogP contribution in [0.5, 0.6) is 0 Å². The lowest BCUT2D eigenvalue weighted by atomic mass is 10.1. The van der Waals surface area contributed by atoms with Gasteiger partial charge in [-0.3, -0.25) is 10.1 Å². The van der Waals surface area contributed by atoms with Gasteiger partial charge in [0.25, 0.3) is 0 Å². The second-order valence-corrected chi connectivity index (χ2v) is 4.56. The molecule has 5 nitrogen and oxygen atoms in total. The van der Waals surface area contributed by atoms with E-state index >= 15 is 0 Å². The van der Waals surface area contributed by atoms with Gasteiger partial charge >= 0.3 is 12.0 Å². The van der Waals surface area contributed by atoms with Crippen LogP contribution in [-0.4, -0.2) is 23.0 Å². The molecule has 0 aliphatic heterocycles. The summed E-state index contributed by atoms with van der Waals surface area (Å²) < 4.78 is 4.86. The maximum absolute atomic E-state index is 11.6. The van der Waals surface area contributed by atoms with Gasteiger partial charge in [-0.2, -0.15) is 0 Å². The maximum Gasteiger partial charge on any atom is 0.382 e. The van der Waals surface area contributed by atoms with Gasteiger partial charge in [0.1, 0.15) is 0 Å². The number of halogens is 1. The molecule has 0 saturated heterocycles. The molecule has 0 amide bonds. The van der Waals surface area contributed by atoms with Crippen LogP contribution in [0.15, 0.2) is 24.3 Å². The van der Waals surface area contributed by atoms with Crippen LogP contribution >= 0.6 is 11.6 Å². The second kappa shape index (κ2) is 6.35. The van der Waals surface area contributed by atoms with E-state index in [9.17, 15) is 14.9 Å². The first kappa shape index (κ1) is 14.4. The standard InChI is InChI=1S/C12H14ClNO4/c1-8(2)18-12(15)11(14(16)17)7-9-4-3-5-10(13)6-9/h3-6,8,11H,7H2,1-2H3. The number of carbonyl (C=O) groups is 1. The number of nitro groups is 1. The molecule has 18 heavy (non-hydrogen) atoms. The highest BCUT2D eigenvalue weighted by Gasteiger charge is 2.32. The van der Waals surface area contributed by atoms with Crippen molar-refractivity contribution in [3.63, 3.8) is 0 Å². The van der Waals surface area contributed by atoms with Crippen molar-refractivity contribution in [3.05, 3.63) is 45.0 Å². The molecule has 1 aromatic carbocycles. The molecule has 0 bridgehead atoms. The summed E-state index contributed by atoms with van der Waals surface area (Å²) in [6.07, 6.45) is -0.404. The molecule has 0 saturated carbocycles. The lowest BCUT2D eigenvalue weighted by molar-refractivity contribution is -0.510. The van der Waals surface area contributed by atoms with E-state index < -0.39 is 16.9 Å². The van der Waals surface area contributed by atoms with Crippen molar-refractivity contribution in [2.45, 2.75) is 32.4 Å². The predicted octanol–water partition coefficient (Wildman–Crippen LogP) is 2.48. The molecule has 6 heteroatoms. The number of esters is 1. The normalized spacial score (nSPS) is 12.2. The van der Waals surface area contributed by atoms with Crippen molar-refractivity contribution < 1.29 is 14.5 Å². The van der Waals surface area contributed by atoms with Crippen LogP contribution in [0, 0.1) is 10.1 Å². The van der Waals surface area contributed by atoms with Gasteiger partial charge in [-0.1, -0.05) is 23.7 Å². The zero-order valence-electron chi connectivity index (χ0n) is 10.1. The lowest BCUT2D eigenvalue weighted by Gasteiger charge is -2.12. The zero-order chi connectivity index (χ0) is 13.7. The van der Waals surface area contributed by atoms with Crippen LogP contribution in [0.2, 0.25) is 5.02 Å². The Kier molecular flexibility index (Phi) is 5.09. The molecule has 0 N–H and O–H groups in total. The van der Waals surface area contributed by atoms with Crippen LogP contribution in [0.3, 0.4) is 0 Å². The minimum absolute atomic E-state index is 0.0287. The third kappa shape index (κ3) is 4.33. The third-order valence-electron chi connectivity index (χ3n) is 2.20. The van der Waals surface area contributed by atoms with Crippen molar-refractivity contribution in [2.75, 3.05) is 0 Å². The Labute approximate surface area is 110 Å². The van der Waals surface area contributed by atoms with Gasteiger partial charge in [-0.25, -0.2) is 4.79 Å². The summed E-state index contributed by atoms with van der Waals surface area (Å²) in [5.41, 5.74) is 0.630. The van der Waals surface area contributed by atoms with E-state index in [0.29, 0.717) is 10.6 Å². The van der Waals surface area contributed by atoms with Gasteiger partial charge in [0, 0.05) is 9.95 Å². The van der Waals surface area contributed by atoms with Gasteiger partial charge in [-0.15, -0.1) is 0 Å². The Hall–Kier alpha value is -1.62. The number of rotatable bonds is 5. The molecular formula is C12H14ClNO4. The fourth-order valence-corrected chi connectivity index (χ4v) is 1.65. The number of ether oxygens (including phenoxy) is 1. The SMILES string of the molecule is CC(C)OC(=O)C(Cc1cccc(Cl)c1)[N+](=O)[O-]. The van der Waals surface area contributed by atoms with Gasteiger partial charge in [0.2, 0.25) is 0 Å².